The Kier molecular flexibility index (Phi) is 3.46. The summed E-state index contributed by atoms with van der Waals surface area (Å²) >= 11 is 0. The predicted octanol–water partition coefficient (Wildman–Crippen LogP) is 2.76. The Morgan fingerprint density at radius 3 is 2.61 bits per heavy atom. The highest BCUT2D eigenvalue weighted by atomic mass is 15.2. The van der Waals surface area contributed by atoms with Crippen LogP contribution in [0.5, 0.6) is 0 Å². The number of hydrogen-bond acceptors (Lipinski definition) is 5. The van der Waals surface area contributed by atoms with Crippen molar-refractivity contribution < 1.29 is 0 Å². The summed E-state index contributed by atoms with van der Waals surface area (Å²) < 4.78 is 0. The van der Waals surface area contributed by atoms with E-state index in [1.807, 2.05) is 0 Å². The molecule has 3 heterocycles. The first kappa shape index (κ1) is 14.1. The molecule has 0 saturated carbocycles. The lowest BCUT2D eigenvalue weighted by Gasteiger charge is -2.24. The van der Waals surface area contributed by atoms with Crippen LogP contribution in [0.1, 0.15) is 31.4 Å². The van der Waals surface area contributed by atoms with E-state index in [-0.39, 0.29) is 5.95 Å². The van der Waals surface area contributed by atoms with Crippen molar-refractivity contribution in [2.45, 2.75) is 25.8 Å². The minimum Gasteiger partial charge on any atom is -0.368 e. The fraction of sp³-hybridized carbons (Fsp3) is 0.353. The molecule has 4 rings (SSSR count). The molecule has 2 aromatic heterocycles. The molecule has 3 aromatic rings. The molecule has 6 nitrogen and oxygen atoms in total. The van der Waals surface area contributed by atoms with E-state index in [4.69, 9.17) is 5.73 Å². The van der Waals surface area contributed by atoms with Crippen molar-refractivity contribution in [3.8, 4) is 11.3 Å². The van der Waals surface area contributed by atoms with Crippen molar-refractivity contribution >= 4 is 17.1 Å². The lowest BCUT2D eigenvalue weighted by molar-refractivity contribution is 0.263. The van der Waals surface area contributed by atoms with Gasteiger partial charge < -0.3 is 10.7 Å². The van der Waals surface area contributed by atoms with E-state index < -0.39 is 0 Å². The standard InChI is InChI=1S/C17H20N6/c1-11(23-8-2-3-9-23)12-4-6-13(7-5-12)14-15-16(20-10-19-15)22-17(18)21-14/h4-7,10-11H,2-3,8-9H2,1H3,(H3,18,19,20,21,22)/t11-/m1/s1. The van der Waals surface area contributed by atoms with E-state index in [9.17, 15) is 0 Å². The van der Waals surface area contributed by atoms with Gasteiger partial charge in [-0.2, -0.15) is 4.98 Å². The molecule has 1 aliphatic rings. The predicted molar refractivity (Wildman–Crippen MR) is 90.8 cm³/mol. The summed E-state index contributed by atoms with van der Waals surface area (Å²) in [6, 6.07) is 9.01. The first-order chi connectivity index (χ1) is 11.2. The Balaban J connectivity index is 1.68. The number of benzene rings is 1. The third-order valence-electron chi connectivity index (χ3n) is 4.66. The highest BCUT2D eigenvalue weighted by Gasteiger charge is 2.19. The Hall–Kier alpha value is -2.47. The summed E-state index contributed by atoms with van der Waals surface area (Å²) in [5, 5.41) is 0. The van der Waals surface area contributed by atoms with Crippen LogP contribution in [0, 0.1) is 0 Å². The zero-order valence-corrected chi connectivity index (χ0v) is 13.2. The summed E-state index contributed by atoms with van der Waals surface area (Å²) in [4.78, 5) is 18.3. The van der Waals surface area contributed by atoms with Gasteiger partial charge in [0.05, 0.1) is 6.33 Å². The SMILES string of the molecule is C[C@H](c1ccc(-c2nc(N)nc3nc[nH]c23)cc1)N1CCCC1. The Labute approximate surface area is 134 Å². The number of likely N-dealkylation sites (tertiary alicyclic amines) is 1. The van der Waals surface area contributed by atoms with Crippen molar-refractivity contribution in [3.05, 3.63) is 36.2 Å². The number of aromatic nitrogens is 4. The molecule has 0 spiro atoms. The first-order valence-corrected chi connectivity index (χ1v) is 8.03. The van der Waals surface area contributed by atoms with Gasteiger partial charge >= 0.3 is 0 Å². The fourth-order valence-electron chi connectivity index (χ4n) is 3.32. The van der Waals surface area contributed by atoms with Crippen LogP contribution >= 0.6 is 0 Å². The Morgan fingerprint density at radius 1 is 1.13 bits per heavy atom. The van der Waals surface area contributed by atoms with Crippen LogP contribution in [0.2, 0.25) is 0 Å². The summed E-state index contributed by atoms with van der Waals surface area (Å²) in [6.07, 6.45) is 4.23. The number of aromatic amines is 1. The minimum atomic E-state index is 0.245. The minimum absolute atomic E-state index is 0.245. The van der Waals surface area contributed by atoms with Gasteiger partial charge in [-0.05, 0) is 38.4 Å². The Morgan fingerprint density at radius 2 is 1.87 bits per heavy atom. The van der Waals surface area contributed by atoms with Crippen molar-refractivity contribution in [2.24, 2.45) is 0 Å². The molecule has 0 aliphatic carbocycles. The van der Waals surface area contributed by atoms with E-state index in [2.05, 4.69) is 56.0 Å². The van der Waals surface area contributed by atoms with Crippen molar-refractivity contribution in [1.82, 2.24) is 24.8 Å². The third-order valence-corrected chi connectivity index (χ3v) is 4.66. The van der Waals surface area contributed by atoms with Crippen molar-refractivity contribution in [3.63, 3.8) is 0 Å². The second-order valence-electron chi connectivity index (χ2n) is 6.07. The maximum Gasteiger partial charge on any atom is 0.222 e. The lowest BCUT2D eigenvalue weighted by Crippen LogP contribution is -2.23. The molecule has 23 heavy (non-hydrogen) atoms. The summed E-state index contributed by atoms with van der Waals surface area (Å²) in [6.45, 7) is 4.66. The molecule has 1 aliphatic heterocycles. The number of fused-ring (bicyclic) bond motifs is 1. The average Bonchev–Trinajstić information content (AvgIpc) is 3.25. The Bertz CT molecular complexity index is 817. The molecule has 0 amide bonds. The number of hydrogen-bond donors (Lipinski definition) is 2. The number of anilines is 1. The number of rotatable bonds is 3. The number of nitrogens with two attached hydrogens (primary N) is 1. The van der Waals surface area contributed by atoms with Crippen molar-refractivity contribution in [2.75, 3.05) is 18.8 Å². The highest BCUT2D eigenvalue weighted by molar-refractivity contribution is 5.87. The van der Waals surface area contributed by atoms with E-state index >= 15 is 0 Å². The maximum absolute atomic E-state index is 5.80. The van der Waals surface area contributed by atoms with Gasteiger partial charge in [-0.25, -0.2) is 9.97 Å². The molecule has 1 saturated heterocycles. The van der Waals surface area contributed by atoms with Gasteiger partial charge in [0.2, 0.25) is 5.95 Å². The number of imidazole rings is 1. The largest absolute Gasteiger partial charge is 0.368 e. The first-order valence-electron chi connectivity index (χ1n) is 8.03. The normalized spacial score (nSPS) is 16.9. The molecule has 6 heteroatoms. The van der Waals surface area contributed by atoms with Crippen molar-refractivity contribution in [1.29, 1.82) is 0 Å². The fourth-order valence-corrected chi connectivity index (χ4v) is 3.32. The van der Waals surface area contributed by atoms with Gasteiger partial charge in [0.15, 0.2) is 5.65 Å². The maximum atomic E-state index is 5.80. The molecule has 1 fully saturated rings. The van der Waals surface area contributed by atoms with Crippen LogP contribution in [-0.4, -0.2) is 37.9 Å². The zero-order valence-electron chi connectivity index (χ0n) is 13.2. The van der Waals surface area contributed by atoms with Gasteiger partial charge in [0, 0.05) is 11.6 Å². The van der Waals surface area contributed by atoms with Crippen LogP contribution in [0.4, 0.5) is 5.95 Å². The molecule has 3 N–H and O–H groups in total. The second-order valence-corrected chi connectivity index (χ2v) is 6.07. The van der Waals surface area contributed by atoms with Gasteiger partial charge in [-0.1, -0.05) is 24.3 Å². The lowest BCUT2D eigenvalue weighted by atomic mass is 10.0. The van der Waals surface area contributed by atoms with Crippen LogP contribution in [0.15, 0.2) is 30.6 Å². The third kappa shape index (κ3) is 2.55. The molecule has 1 atom stereocenters. The molecule has 0 radical (unpaired) electrons. The molecule has 118 valence electrons. The van der Waals surface area contributed by atoms with Gasteiger partial charge in [0.1, 0.15) is 11.2 Å². The monoisotopic (exact) mass is 308 g/mol. The van der Waals surface area contributed by atoms with Crippen LogP contribution in [0.25, 0.3) is 22.4 Å². The molecule has 0 unspecified atom stereocenters. The topological polar surface area (TPSA) is 83.7 Å². The number of nitrogens with one attached hydrogen (secondary N) is 1. The van der Waals surface area contributed by atoms with E-state index in [0.29, 0.717) is 11.7 Å². The number of H-pyrrole nitrogens is 1. The zero-order chi connectivity index (χ0) is 15.8. The molecule has 1 aromatic carbocycles. The van der Waals surface area contributed by atoms with Gasteiger partial charge in [-0.3, -0.25) is 4.90 Å². The summed E-state index contributed by atoms with van der Waals surface area (Å²) in [5.41, 5.74) is 10.4. The number of nitrogen functional groups attached to an aromatic ring is 1. The van der Waals surface area contributed by atoms with Crippen LogP contribution in [-0.2, 0) is 0 Å². The summed E-state index contributed by atoms with van der Waals surface area (Å²) in [5.74, 6) is 0.245. The average molecular weight is 308 g/mol. The summed E-state index contributed by atoms with van der Waals surface area (Å²) in [7, 11) is 0. The molecular weight excluding hydrogens is 288 g/mol. The van der Waals surface area contributed by atoms with Crippen LogP contribution in [0.3, 0.4) is 0 Å². The highest BCUT2D eigenvalue weighted by Crippen LogP contribution is 2.28. The quantitative estimate of drug-likeness (QED) is 0.777. The van der Waals surface area contributed by atoms with E-state index in [1.54, 1.807) is 6.33 Å². The number of nitrogens with zero attached hydrogens (tertiary/aromatic N) is 4. The second kappa shape index (κ2) is 5.62. The molecule has 0 bridgehead atoms. The van der Waals surface area contributed by atoms with Crippen LogP contribution < -0.4 is 5.73 Å². The molecular formula is C17H20N6. The van der Waals surface area contributed by atoms with E-state index in [1.165, 1.54) is 31.5 Å². The van der Waals surface area contributed by atoms with Gasteiger partial charge in [0.25, 0.3) is 0 Å². The van der Waals surface area contributed by atoms with Gasteiger partial charge in [-0.15, -0.1) is 0 Å². The van der Waals surface area contributed by atoms with E-state index in [0.717, 1.165) is 16.8 Å². The smallest absolute Gasteiger partial charge is 0.222 e.